The highest BCUT2D eigenvalue weighted by molar-refractivity contribution is 5.73. The van der Waals surface area contributed by atoms with Crippen LogP contribution in [0.3, 0.4) is 0 Å². The molecule has 1 aliphatic heterocycles. The Bertz CT molecular complexity index is 231. The van der Waals surface area contributed by atoms with Gasteiger partial charge in [-0.2, -0.15) is 0 Å². The largest absolute Gasteiger partial charge is 0.480 e. The van der Waals surface area contributed by atoms with Gasteiger partial charge in [0.25, 0.3) is 0 Å². The molecule has 0 amide bonds. The summed E-state index contributed by atoms with van der Waals surface area (Å²) in [5, 5.41) is 12.1. The van der Waals surface area contributed by atoms with E-state index < -0.39 is 5.97 Å². The fourth-order valence-electron chi connectivity index (χ4n) is 2.77. The molecule has 0 aromatic rings. The summed E-state index contributed by atoms with van der Waals surface area (Å²) in [6, 6.07) is 0.162. The summed E-state index contributed by atoms with van der Waals surface area (Å²) in [5.41, 5.74) is 0. The van der Waals surface area contributed by atoms with Crippen molar-refractivity contribution < 1.29 is 9.90 Å². The molecule has 1 rings (SSSR count). The van der Waals surface area contributed by atoms with Crippen molar-refractivity contribution in [2.24, 2.45) is 0 Å². The highest BCUT2D eigenvalue weighted by Crippen LogP contribution is 2.18. The molecule has 3 nitrogen and oxygen atoms in total. The van der Waals surface area contributed by atoms with Crippen molar-refractivity contribution in [1.82, 2.24) is 5.32 Å². The van der Waals surface area contributed by atoms with Crippen molar-refractivity contribution in [2.45, 2.75) is 89.6 Å². The quantitative estimate of drug-likeness (QED) is 0.585. The molecule has 1 fully saturated rings. The van der Waals surface area contributed by atoms with Gasteiger partial charge in [-0.3, -0.25) is 4.79 Å². The second kappa shape index (κ2) is 9.37. The van der Waals surface area contributed by atoms with E-state index in [9.17, 15) is 4.79 Å². The Balaban J connectivity index is 1.88. The summed E-state index contributed by atoms with van der Waals surface area (Å²) in [6.07, 6.45) is 13.7. The fourth-order valence-corrected chi connectivity index (χ4v) is 2.77. The maximum Gasteiger partial charge on any atom is 0.320 e. The summed E-state index contributed by atoms with van der Waals surface area (Å²) in [4.78, 5) is 10.8. The number of aliphatic carboxylic acids is 1. The molecule has 2 N–H and O–H groups in total. The summed E-state index contributed by atoms with van der Waals surface area (Å²) in [7, 11) is 0. The van der Waals surface area contributed by atoms with Gasteiger partial charge in [0.05, 0.1) is 0 Å². The van der Waals surface area contributed by atoms with Gasteiger partial charge in [0, 0.05) is 6.04 Å². The van der Waals surface area contributed by atoms with Gasteiger partial charge in [0.15, 0.2) is 0 Å². The highest BCUT2D eigenvalue weighted by atomic mass is 16.4. The lowest BCUT2D eigenvalue weighted by Crippen LogP contribution is -2.35. The van der Waals surface area contributed by atoms with Crippen molar-refractivity contribution in [2.75, 3.05) is 0 Å². The molecule has 2 atom stereocenters. The van der Waals surface area contributed by atoms with Crippen LogP contribution >= 0.6 is 0 Å². The smallest absolute Gasteiger partial charge is 0.320 e. The molecular weight excluding hydrogens is 226 g/mol. The molecule has 3 heteroatoms. The van der Waals surface area contributed by atoms with Crippen LogP contribution in [0.2, 0.25) is 0 Å². The zero-order valence-corrected chi connectivity index (χ0v) is 11.8. The lowest BCUT2D eigenvalue weighted by molar-refractivity contribution is -0.139. The van der Waals surface area contributed by atoms with Crippen molar-refractivity contribution >= 4 is 5.97 Å². The Morgan fingerprint density at radius 1 is 1.06 bits per heavy atom. The summed E-state index contributed by atoms with van der Waals surface area (Å²) < 4.78 is 0. The van der Waals surface area contributed by atoms with Crippen molar-refractivity contribution in [3.8, 4) is 0 Å². The van der Waals surface area contributed by atoms with E-state index in [2.05, 4.69) is 12.2 Å². The molecule has 0 aromatic heterocycles. The second-order valence-corrected chi connectivity index (χ2v) is 5.60. The Morgan fingerprint density at radius 3 is 2.22 bits per heavy atom. The van der Waals surface area contributed by atoms with Crippen LogP contribution in [-0.4, -0.2) is 23.2 Å². The average molecular weight is 255 g/mol. The van der Waals surface area contributed by atoms with Gasteiger partial charge >= 0.3 is 5.97 Å². The number of carbonyl (C=O) groups is 1. The van der Waals surface area contributed by atoms with E-state index in [1.807, 2.05) is 0 Å². The topological polar surface area (TPSA) is 49.3 Å². The van der Waals surface area contributed by atoms with Gasteiger partial charge in [-0.25, -0.2) is 0 Å². The first kappa shape index (κ1) is 15.5. The van der Waals surface area contributed by atoms with Crippen LogP contribution in [0, 0.1) is 0 Å². The average Bonchev–Trinajstić information content (AvgIpc) is 2.81. The Kier molecular flexibility index (Phi) is 8.06. The van der Waals surface area contributed by atoms with Crippen molar-refractivity contribution in [1.29, 1.82) is 0 Å². The van der Waals surface area contributed by atoms with Crippen molar-refractivity contribution in [3.63, 3.8) is 0 Å². The minimum atomic E-state index is -0.687. The van der Waals surface area contributed by atoms with E-state index >= 15 is 0 Å². The van der Waals surface area contributed by atoms with Crippen LogP contribution in [0.1, 0.15) is 77.6 Å². The molecule has 1 aliphatic rings. The van der Waals surface area contributed by atoms with Crippen LogP contribution < -0.4 is 5.32 Å². The number of hydrogen-bond donors (Lipinski definition) is 2. The zero-order valence-electron chi connectivity index (χ0n) is 11.8. The molecule has 106 valence electrons. The third-order valence-electron chi connectivity index (χ3n) is 3.94. The second-order valence-electron chi connectivity index (χ2n) is 5.60. The molecule has 1 heterocycles. The molecule has 1 saturated heterocycles. The number of unbranched alkanes of at least 4 members (excludes halogenated alkanes) is 7. The van der Waals surface area contributed by atoms with Crippen LogP contribution in [0.4, 0.5) is 0 Å². The number of rotatable bonds is 10. The van der Waals surface area contributed by atoms with E-state index in [1.54, 1.807) is 0 Å². The minimum Gasteiger partial charge on any atom is -0.480 e. The van der Waals surface area contributed by atoms with E-state index in [4.69, 9.17) is 5.11 Å². The molecular formula is C15H29NO2. The fraction of sp³-hybridized carbons (Fsp3) is 0.933. The Morgan fingerprint density at radius 2 is 1.67 bits per heavy atom. The predicted molar refractivity (Wildman–Crippen MR) is 74.8 cm³/mol. The monoisotopic (exact) mass is 255 g/mol. The van der Waals surface area contributed by atoms with E-state index in [-0.39, 0.29) is 6.04 Å². The maximum absolute atomic E-state index is 10.8. The first-order valence-electron chi connectivity index (χ1n) is 7.73. The number of hydrogen-bond acceptors (Lipinski definition) is 2. The van der Waals surface area contributed by atoms with Gasteiger partial charge in [0.2, 0.25) is 0 Å². The SMILES string of the molecule is CCCCCCCCCCC1CCC(C(=O)O)N1. The van der Waals surface area contributed by atoms with Gasteiger partial charge in [0.1, 0.15) is 6.04 Å². The molecule has 0 aliphatic carbocycles. The molecule has 0 spiro atoms. The molecule has 2 unspecified atom stereocenters. The molecule has 0 radical (unpaired) electrons. The normalized spacial score (nSPS) is 23.4. The van der Waals surface area contributed by atoms with Crippen LogP contribution in [-0.2, 0) is 4.79 Å². The zero-order chi connectivity index (χ0) is 13.2. The van der Waals surface area contributed by atoms with E-state index in [1.165, 1.54) is 51.4 Å². The van der Waals surface area contributed by atoms with Gasteiger partial charge < -0.3 is 10.4 Å². The third kappa shape index (κ3) is 6.39. The minimum absolute atomic E-state index is 0.288. The van der Waals surface area contributed by atoms with Crippen LogP contribution in [0.15, 0.2) is 0 Å². The standard InChI is InChI=1S/C15H29NO2/c1-2-3-4-5-6-7-8-9-10-13-11-12-14(16-13)15(17)18/h13-14,16H,2-12H2,1H3,(H,17,18). The van der Waals surface area contributed by atoms with Crippen molar-refractivity contribution in [3.05, 3.63) is 0 Å². The van der Waals surface area contributed by atoms with E-state index in [0.29, 0.717) is 6.04 Å². The number of nitrogens with one attached hydrogen (secondary N) is 1. The van der Waals surface area contributed by atoms with Gasteiger partial charge in [-0.15, -0.1) is 0 Å². The Labute approximate surface area is 111 Å². The van der Waals surface area contributed by atoms with Gasteiger partial charge in [-0.1, -0.05) is 58.3 Å². The Hall–Kier alpha value is -0.570. The first-order valence-corrected chi connectivity index (χ1v) is 7.73. The lowest BCUT2D eigenvalue weighted by atomic mass is 10.0. The van der Waals surface area contributed by atoms with Gasteiger partial charge in [-0.05, 0) is 19.3 Å². The van der Waals surface area contributed by atoms with Crippen LogP contribution in [0.25, 0.3) is 0 Å². The molecule has 18 heavy (non-hydrogen) atoms. The number of carboxylic acids is 1. The van der Waals surface area contributed by atoms with Crippen LogP contribution in [0.5, 0.6) is 0 Å². The summed E-state index contributed by atoms with van der Waals surface area (Å²) >= 11 is 0. The third-order valence-corrected chi connectivity index (χ3v) is 3.94. The lowest BCUT2D eigenvalue weighted by Gasteiger charge is -2.11. The summed E-state index contributed by atoms with van der Waals surface area (Å²) in [5.74, 6) is -0.687. The highest BCUT2D eigenvalue weighted by Gasteiger charge is 2.27. The predicted octanol–water partition coefficient (Wildman–Crippen LogP) is 3.72. The number of carboxylic acid groups (broad SMARTS) is 1. The maximum atomic E-state index is 10.8. The molecule has 0 aromatic carbocycles. The first-order chi connectivity index (χ1) is 8.74. The summed E-state index contributed by atoms with van der Waals surface area (Å²) in [6.45, 7) is 2.25. The van der Waals surface area contributed by atoms with E-state index in [0.717, 1.165) is 19.3 Å². The molecule has 0 bridgehead atoms. The molecule has 0 saturated carbocycles.